The van der Waals surface area contributed by atoms with E-state index in [0.29, 0.717) is 42.8 Å². The summed E-state index contributed by atoms with van der Waals surface area (Å²) in [4.78, 5) is 22.6. The first-order chi connectivity index (χ1) is 10.5. The van der Waals surface area contributed by atoms with Gasteiger partial charge in [-0.2, -0.15) is 0 Å². The van der Waals surface area contributed by atoms with Gasteiger partial charge in [0.15, 0.2) is 0 Å². The zero-order chi connectivity index (χ0) is 15.7. The van der Waals surface area contributed by atoms with Gasteiger partial charge in [0.05, 0.1) is 17.5 Å². The number of hydrogen-bond donors (Lipinski definition) is 0. The standard InChI is InChI=1S/C16H18FN3O2/c1-3-22-15(21)16(2)6-7-20(9-16)14-12-8-11(17)4-5-13(12)18-10-19-14/h4-5,8,10H,3,6-7,9H2,1-2H3. The van der Waals surface area contributed by atoms with Gasteiger partial charge < -0.3 is 9.64 Å². The van der Waals surface area contributed by atoms with Crippen molar-refractivity contribution in [3.63, 3.8) is 0 Å². The average Bonchev–Trinajstić information content (AvgIpc) is 2.90. The van der Waals surface area contributed by atoms with Gasteiger partial charge in [-0.25, -0.2) is 14.4 Å². The van der Waals surface area contributed by atoms with Crippen LogP contribution >= 0.6 is 0 Å². The van der Waals surface area contributed by atoms with Crippen LogP contribution in [-0.2, 0) is 9.53 Å². The van der Waals surface area contributed by atoms with Crippen LogP contribution in [0.1, 0.15) is 20.3 Å². The molecule has 1 aromatic heterocycles. The number of carbonyl (C=O) groups excluding carboxylic acids is 1. The minimum atomic E-state index is -0.555. The Morgan fingerprint density at radius 3 is 3.05 bits per heavy atom. The molecule has 1 atom stereocenters. The summed E-state index contributed by atoms with van der Waals surface area (Å²) in [5.74, 6) is 0.149. The van der Waals surface area contributed by atoms with Crippen LogP contribution in [0.4, 0.5) is 10.2 Å². The first kappa shape index (κ1) is 14.7. The molecule has 6 heteroatoms. The van der Waals surface area contributed by atoms with Crippen LogP contribution in [-0.4, -0.2) is 35.6 Å². The van der Waals surface area contributed by atoms with Crippen LogP contribution in [0, 0.1) is 11.2 Å². The molecule has 5 nitrogen and oxygen atoms in total. The predicted octanol–water partition coefficient (Wildman–Crippen LogP) is 2.55. The first-order valence-corrected chi connectivity index (χ1v) is 7.36. The number of esters is 1. The zero-order valence-corrected chi connectivity index (χ0v) is 12.7. The number of hydrogen-bond acceptors (Lipinski definition) is 5. The molecule has 1 aliphatic heterocycles. The Balaban J connectivity index is 1.93. The molecular weight excluding hydrogens is 285 g/mol. The van der Waals surface area contributed by atoms with Crippen LogP contribution in [0.5, 0.6) is 0 Å². The molecule has 116 valence electrons. The van der Waals surface area contributed by atoms with E-state index in [1.54, 1.807) is 13.0 Å². The largest absolute Gasteiger partial charge is 0.466 e. The predicted molar refractivity (Wildman–Crippen MR) is 81.1 cm³/mol. The lowest BCUT2D eigenvalue weighted by Gasteiger charge is -2.23. The van der Waals surface area contributed by atoms with Crippen molar-refractivity contribution < 1.29 is 13.9 Å². The van der Waals surface area contributed by atoms with Gasteiger partial charge in [0.1, 0.15) is 18.0 Å². The van der Waals surface area contributed by atoms with E-state index in [4.69, 9.17) is 4.74 Å². The summed E-state index contributed by atoms with van der Waals surface area (Å²) in [5, 5.41) is 0.663. The second-order valence-corrected chi connectivity index (χ2v) is 5.81. The van der Waals surface area contributed by atoms with Crippen LogP contribution in [0.2, 0.25) is 0 Å². The Morgan fingerprint density at radius 2 is 2.27 bits per heavy atom. The summed E-state index contributed by atoms with van der Waals surface area (Å²) in [6.45, 7) is 5.26. The molecule has 0 spiro atoms. The molecular formula is C16H18FN3O2. The molecule has 1 aliphatic rings. The summed E-state index contributed by atoms with van der Waals surface area (Å²) < 4.78 is 18.7. The molecule has 1 aromatic carbocycles. The number of benzene rings is 1. The Hall–Kier alpha value is -2.24. The van der Waals surface area contributed by atoms with Crippen molar-refractivity contribution in [2.75, 3.05) is 24.6 Å². The maximum Gasteiger partial charge on any atom is 0.313 e. The van der Waals surface area contributed by atoms with Crippen molar-refractivity contribution in [3.05, 3.63) is 30.3 Å². The summed E-state index contributed by atoms with van der Waals surface area (Å²) in [5.41, 5.74) is 0.136. The van der Waals surface area contributed by atoms with E-state index in [0.717, 1.165) is 0 Å². The number of carbonyl (C=O) groups is 1. The highest BCUT2D eigenvalue weighted by atomic mass is 19.1. The van der Waals surface area contributed by atoms with E-state index in [2.05, 4.69) is 9.97 Å². The second kappa shape index (κ2) is 5.51. The van der Waals surface area contributed by atoms with Gasteiger partial charge in [-0.05, 0) is 38.5 Å². The Morgan fingerprint density at radius 1 is 1.45 bits per heavy atom. The number of ether oxygens (including phenoxy) is 1. The summed E-state index contributed by atoms with van der Waals surface area (Å²) in [6.07, 6.45) is 2.16. The van der Waals surface area contributed by atoms with Gasteiger partial charge in [-0.1, -0.05) is 0 Å². The monoisotopic (exact) mass is 303 g/mol. The van der Waals surface area contributed by atoms with Crippen LogP contribution in [0.25, 0.3) is 10.9 Å². The fraction of sp³-hybridized carbons (Fsp3) is 0.438. The summed E-state index contributed by atoms with van der Waals surface area (Å²) in [7, 11) is 0. The van der Waals surface area contributed by atoms with Gasteiger partial charge in [-0.15, -0.1) is 0 Å². The van der Waals surface area contributed by atoms with E-state index < -0.39 is 5.41 Å². The van der Waals surface area contributed by atoms with E-state index in [1.165, 1.54) is 18.5 Å². The number of halogens is 1. The quantitative estimate of drug-likeness (QED) is 0.816. The molecule has 2 heterocycles. The van der Waals surface area contributed by atoms with Gasteiger partial charge >= 0.3 is 5.97 Å². The molecule has 0 bridgehead atoms. The number of rotatable bonds is 3. The topological polar surface area (TPSA) is 55.3 Å². The first-order valence-electron chi connectivity index (χ1n) is 7.36. The summed E-state index contributed by atoms with van der Waals surface area (Å²) in [6, 6.07) is 4.45. The minimum Gasteiger partial charge on any atom is -0.466 e. The molecule has 0 saturated carbocycles. The summed E-state index contributed by atoms with van der Waals surface area (Å²) >= 11 is 0. The third kappa shape index (κ3) is 2.49. The van der Waals surface area contributed by atoms with Gasteiger partial charge in [0.2, 0.25) is 0 Å². The maximum atomic E-state index is 13.5. The van der Waals surface area contributed by atoms with Crippen LogP contribution in [0.15, 0.2) is 24.5 Å². The second-order valence-electron chi connectivity index (χ2n) is 5.81. The molecule has 2 aromatic rings. The molecule has 0 radical (unpaired) electrons. The lowest BCUT2D eigenvalue weighted by Crippen LogP contribution is -2.33. The lowest BCUT2D eigenvalue weighted by molar-refractivity contribution is -0.153. The Kier molecular flexibility index (Phi) is 3.68. The minimum absolute atomic E-state index is 0.193. The van der Waals surface area contributed by atoms with Crippen LogP contribution in [0.3, 0.4) is 0 Å². The molecule has 1 saturated heterocycles. The van der Waals surface area contributed by atoms with Crippen molar-refractivity contribution in [2.45, 2.75) is 20.3 Å². The number of fused-ring (bicyclic) bond motifs is 1. The lowest BCUT2D eigenvalue weighted by atomic mass is 9.90. The van der Waals surface area contributed by atoms with Crippen LogP contribution < -0.4 is 4.90 Å². The fourth-order valence-corrected chi connectivity index (χ4v) is 2.88. The third-order valence-corrected chi connectivity index (χ3v) is 4.12. The zero-order valence-electron chi connectivity index (χ0n) is 12.7. The number of anilines is 1. The fourth-order valence-electron chi connectivity index (χ4n) is 2.88. The van der Waals surface area contributed by atoms with E-state index in [-0.39, 0.29) is 11.8 Å². The molecule has 3 rings (SSSR count). The molecule has 22 heavy (non-hydrogen) atoms. The molecule has 0 amide bonds. The number of nitrogens with zero attached hydrogens (tertiary/aromatic N) is 3. The van der Waals surface area contributed by atoms with Crippen molar-refractivity contribution in [1.82, 2.24) is 9.97 Å². The highest BCUT2D eigenvalue weighted by Crippen LogP contribution is 2.35. The van der Waals surface area contributed by atoms with E-state index in [9.17, 15) is 9.18 Å². The van der Waals surface area contributed by atoms with Gasteiger partial charge in [0, 0.05) is 18.5 Å². The van der Waals surface area contributed by atoms with Crippen molar-refractivity contribution in [3.8, 4) is 0 Å². The average molecular weight is 303 g/mol. The molecule has 0 aliphatic carbocycles. The molecule has 1 unspecified atom stereocenters. The molecule has 0 N–H and O–H groups in total. The maximum absolute atomic E-state index is 13.5. The third-order valence-electron chi connectivity index (χ3n) is 4.12. The normalized spacial score (nSPS) is 21.3. The highest BCUT2D eigenvalue weighted by molar-refractivity contribution is 5.90. The van der Waals surface area contributed by atoms with Gasteiger partial charge in [0.25, 0.3) is 0 Å². The van der Waals surface area contributed by atoms with Crippen molar-refractivity contribution in [2.24, 2.45) is 5.41 Å². The van der Waals surface area contributed by atoms with E-state index in [1.807, 2.05) is 11.8 Å². The number of aromatic nitrogens is 2. The Labute approximate surface area is 128 Å². The van der Waals surface area contributed by atoms with Gasteiger partial charge in [-0.3, -0.25) is 4.79 Å². The van der Waals surface area contributed by atoms with Crippen molar-refractivity contribution >= 4 is 22.7 Å². The Bertz CT molecular complexity index is 722. The SMILES string of the molecule is CCOC(=O)C1(C)CCN(c2ncnc3ccc(F)cc23)C1. The highest BCUT2D eigenvalue weighted by Gasteiger charge is 2.42. The smallest absolute Gasteiger partial charge is 0.313 e. The molecule has 1 fully saturated rings. The van der Waals surface area contributed by atoms with Crippen molar-refractivity contribution in [1.29, 1.82) is 0 Å². The van der Waals surface area contributed by atoms with E-state index >= 15 is 0 Å².